The third-order valence-corrected chi connectivity index (χ3v) is 11.3. The number of hydrogen-bond acceptors (Lipinski definition) is 4. The number of hydrogen-bond donors (Lipinski definition) is 5. The van der Waals surface area contributed by atoms with Gasteiger partial charge in [0.25, 0.3) is 0 Å². The molecule has 0 aliphatic heterocycles. The number of aliphatic hydroxyl groups excluding tert-OH is 1. The molecule has 8 heteroatoms. The minimum atomic E-state index is -1.71. The molecule has 0 saturated heterocycles. The molecule has 7 aromatic rings. The van der Waals surface area contributed by atoms with Crippen molar-refractivity contribution in [1.82, 2.24) is 0 Å². The van der Waals surface area contributed by atoms with Gasteiger partial charge in [-0.25, -0.2) is 14.4 Å². The van der Waals surface area contributed by atoms with Crippen LogP contribution in [0.1, 0.15) is 138 Å². The molecule has 0 bridgehead atoms. The zero-order valence-electron chi connectivity index (χ0n) is 32.8. The van der Waals surface area contributed by atoms with E-state index in [1.54, 1.807) is 12.1 Å². The molecular formula is C48H45NO7. The highest BCUT2D eigenvalue weighted by molar-refractivity contribution is 6.43. The summed E-state index contributed by atoms with van der Waals surface area (Å²) >= 11 is 0. The van der Waals surface area contributed by atoms with Gasteiger partial charge in [0.1, 0.15) is 0 Å². The first-order valence-corrected chi connectivity index (χ1v) is 19.0. The first kappa shape index (κ1) is 38.0. The molecular weight excluding hydrogens is 703 g/mol. The minimum absolute atomic E-state index is 0.0320. The number of aromatic carboxylic acids is 3. The number of fused-ring (bicyclic) bond motifs is 2. The molecule has 8 nitrogen and oxygen atoms in total. The second-order valence-corrected chi connectivity index (χ2v) is 16.0. The lowest BCUT2D eigenvalue weighted by Crippen LogP contribution is -2.19. The van der Waals surface area contributed by atoms with E-state index in [9.17, 15) is 34.8 Å². The number of rotatable bonds is 10. The maximum Gasteiger partial charge on any atom is 0.337 e. The SMILES string of the molecule is CC(C)c1cccc(-c2c(C(=O)O)c3c(C(=O)O)c(C(=O)O)c(C(=N)O)c4c5cccc6cccc(c(c2-c2cccc(C(C)C)c2C(C)C)c34)c65)c1C(C)C. The Bertz CT molecular complexity index is 2820. The van der Waals surface area contributed by atoms with Gasteiger partial charge in [0, 0.05) is 21.7 Å². The Balaban J connectivity index is 2.04. The fourth-order valence-electron chi connectivity index (χ4n) is 9.36. The third-order valence-electron chi connectivity index (χ3n) is 11.3. The standard InChI is InChI=1S/C48H45NO7/c1-21(2)26-15-11-19-28(32(26)23(5)6)35-36-30-17-9-13-25-14-10-18-31(34(25)30)38-39(36)40(43(47(53)54)44(48(55)56)41(38)45(49)50)42(46(51)52)37(35)29-20-12-16-27(22(3)4)33(29)24(7)8/h9-24H,1-8H3,(H2,49,50)(H,51,52)(H,53,54)(H,55,56). The summed E-state index contributed by atoms with van der Waals surface area (Å²) in [7, 11) is 0. The van der Waals surface area contributed by atoms with Crippen molar-refractivity contribution in [3.63, 3.8) is 0 Å². The van der Waals surface area contributed by atoms with E-state index in [4.69, 9.17) is 5.41 Å². The molecule has 7 aromatic carbocycles. The summed E-state index contributed by atoms with van der Waals surface area (Å²) in [6.45, 7) is 16.7. The molecule has 0 saturated carbocycles. The third kappa shape index (κ3) is 5.49. The fraction of sp³-hybridized carbons (Fsp3) is 0.250. The fourth-order valence-corrected chi connectivity index (χ4v) is 9.36. The lowest BCUT2D eigenvalue weighted by Gasteiger charge is -2.30. The summed E-state index contributed by atoms with van der Waals surface area (Å²) in [4.78, 5) is 41.3. The molecule has 5 N–H and O–H groups in total. The van der Waals surface area contributed by atoms with Crippen LogP contribution >= 0.6 is 0 Å². The number of aliphatic hydroxyl groups is 1. The van der Waals surface area contributed by atoms with E-state index in [-0.39, 0.29) is 45.4 Å². The number of carboxylic acid groups (broad SMARTS) is 3. The van der Waals surface area contributed by atoms with Crippen LogP contribution in [0.2, 0.25) is 0 Å². The first-order valence-electron chi connectivity index (χ1n) is 19.0. The number of benzene rings is 7. The van der Waals surface area contributed by atoms with Crippen molar-refractivity contribution >= 4 is 66.9 Å². The highest BCUT2D eigenvalue weighted by Gasteiger charge is 2.38. The quantitative estimate of drug-likeness (QED) is 0.0403. The van der Waals surface area contributed by atoms with E-state index in [0.717, 1.165) is 33.2 Å². The zero-order chi connectivity index (χ0) is 40.7. The van der Waals surface area contributed by atoms with Crippen LogP contribution < -0.4 is 0 Å². The van der Waals surface area contributed by atoms with Crippen molar-refractivity contribution in [2.24, 2.45) is 0 Å². The van der Waals surface area contributed by atoms with Crippen molar-refractivity contribution in [3.05, 3.63) is 117 Å². The molecule has 284 valence electrons. The van der Waals surface area contributed by atoms with E-state index >= 15 is 0 Å². The van der Waals surface area contributed by atoms with Crippen LogP contribution in [0.3, 0.4) is 0 Å². The smallest absolute Gasteiger partial charge is 0.337 e. The Labute approximate surface area is 324 Å². The van der Waals surface area contributed by atoms with Crippen molar-refractivity contribution in [2.75, 3.05) is 0 Å². The molecule has 0 heterocycles. The van der Waals surface area contributed by atoms with Gasteiger partial charge in [-0.15, -0.1) is 0 Å². The normalized spacial score (nSPS) is 12.1. The van der Waals surface area contributed by atoms with Crippen LogP contribution in [0.4, 0.5) is 0 Å². The molecule has 56 heavy (non-hydrogen) atoms. The van der Waals surface area contributed by atoms with Crippen LogP contribution in [0, 0.1) is 5.41 Å². The average Bonchev–Trinajstić information content (AvgIpc) is 3.14. The number of carboxylic acids is 3. The Morgan fingerprint density at radius 1 is 0.446 bits per heavy atom. The predicted molar refractivity (Wildman–Crippen MR) is 225 cm³/mol. The largest absolute Gasteiger partial charge is 0.493 e. The maximum absolute atomic E-state index is 14.3. The molecule has 0 unspecified atom stereocenters. The van der Waals surface area contributed by atoms with Gasteiger partial charge in [0.15, 0.2) is 0 Å². The summed E-state index contributed by atoms with van der Waals surface area (Å²) in [5, 5.41) is 56.5. The van der Waals surface area contributed by atoms with Crippen molar-refractivity contribution in [1.29, 1.82) is 5.41 Å². The Morgan fingerprint density at radius 3 is 1.32 bits per heavy atom. The van der Waals surface area contributed by atoms with Crippen LogP contribution in [0.5, 0.6) is 0 Å². The molecule has 0 aromatic heterocycles. The van der Waals surface area contributed by atoms with Gasteiger partial charge < -0.3 is 20.4 Å². The van der Waals surface area contributed by atoms with Gasteiger partial charge in [-0.3, -0.25) is 5.41 Å². The summed E-state index contributed by atoms with van der Waals surface area (Å²) in [5.41, 5.74) is 3.77. The molecule has 0 aliphatic rings. The predicted octanol–water partition coefficient (Wildman–Crippen LogP) is 12.5. The van der Waals surface area contributed by atoms with E-state index in [0.29, 0.717) is 38.2 Å². The van der Waals surface area contributed by atoms with Crippen LogP contribution in [-0.4, -0.2) is 44.2 Å². The molecule has 0 amide bonds. The lowest BCUT2D eigenvalue weighted by molar-refractivity contribution is 0.0652. The van der Waals surface area contributed by atoms with Crippen LogP contribution in [0.25, 0.3) is 65.3 Å². The molecule has 0 fully saturated rings. The minimum Gasteiger partial charge on any atom is -0.493 e. The van der Waals surface area contributed by atoms with Crippen LogP contribution in [0.15, 0.2) is 72.8 Å². The number of nitrogens with one attached hydrogen (secondary N) is 1. The van der Waals surface area contributed by atoms with E-state index in [2.05, 4.69) is 47.6 Å². The van der Waals surface area contributed by atoms with E-state index in [1.807, 2.05) is 68.4 Å². The number of carbonyl (C=O) groups is 3. The average molecular weight is 748 g/mol. The molecule has 7 rings (SSSR count). The maximum atomic E-state index is 14.3. The van der Waals surface area contributed by atoms with E-state index in [1.165, 1.54) is 0 Å². The molecule has 0 radical (unpaired) electrons. The second kappa shape index (κ2) is 13.8. The molecule has 0 atom stereocenters. The first-order chi connectivity index (χ1) is 26.5. The second-order valence-electron chi connectivity index (χ2n) is 16.0. The summed E-state index contributed by atoms with van der Waals surface area (Å²) < 4.78 is 0. The van der Waals surface area contributed by atoms with Crippen LogP contribution in [-0.2, 0) is 0 Å². The highest BCUT2D eigenvalue weighted by Crippen LogP contribution is 2.55. The van der Waals surface area contributed by atoms with Gasteiger partial charge in [-0.1, -0.05) is 128 Å². The highest BCUT2D eigenvalue weighted by atomic mass is 16.4. The Hall–Kier alpha value is -6.28. The van der Waals surface area contributed by atoms with Crippen molar-refractivity contribution in [2.45, 2.75) is 79.1 Å². The summed E-state index contributed by atoms with van der Waals surface area (Å²) in [5.74, 6) is -5.94. The van der Waals surface area contributed by atoms with Crippen molar-refractivity contribution < 1.29 is 34.8 Å². The van der Waals surface area contributed by atoms with Gasteiger partial charge in [0.2, 0.25) is 5.90 Å². The van der Waals surface area contributed by atoms with Gasteiger partial charge >= 0.3 is 17.9 Å². The van der Waals surface area contributed by atoms with Gasteiger partial charge in [0.05, 0.1) is 22.3 Å². The molecule has 0 aliphatic carbocycles. The van der Waals surface area contributed by atoms with E-state index < -0.39 is 40.5 Å². The van der Waals surface area contributed by atoms with Gasteiger partial charge in [-0.2, -0.15) is 0 Å². The van der Waals surface area contributed by atoms with Crippen molar-refractivity contribution in [3.8, 4) is 22.3 Å². The zero-order valence-corrected chi connectivity index (χ0v) is 32.8. The summed E-state index contributed by atoms with van der Waals surface area (Å²) in [6, 6.07) is 23.1. The molecule has 0 spiro atoms. The Kier molecular flexibility index (Phi) is 9.36. The van der Waals surface area contributed by atoms with Gasteiger partial charge in [-0.05, 0) is 89.5 Å². The Morgan fingerprint density at radius 2 is 0.893 bits per heavy atom. The lowest BCUT2D eigenvalue weighted by atomic mass is 9.72. The topological polar surface area (TPSA) is 156 Å². The summed E-state index contributed by atoms with van der Waals surface area (Å²) in [6.07, 6.45) is 0. The monoisotopic (exact) mass is 747 g/mol.